The molecule has 0 aliphatic carbocycles. The van der Waals surface area contributed by atoms with Crippen LogP contribution >= 0.6 is 0 Å². The summed E-state index contributed by atoms with van der Waals surface area (Å²) in [5.74, 6) is -0.701. The third-order valence-corrected chi connectivity index (χ3v) is 3.91. The number of hydrogen-bond acceptors (Lipinski definition) is 3. The fourth-order valence-corrected chi connectivity index (χ4v) is 2.69. The number of rotatable bonds is 5. The van der Waals surface area contributed by atoms with Crippen molar-refractivity contribution in [3.05, 3.63) is 29.6 Å². The van der Waals surface area contributed by atoms with Gasteiger partial charge < -0.3 is 15.0 Å². The van der Waals surface area contributed by atoms with Gasteiger partial charge in [0.15, 0.2) is 0 Å². The molecule has 1 saturated heterocycles. The van der Waals surface area contributed by atoms with Gasteiger partial charge in [0.05, 0.1) is 11.7 Å². The Balaban J connectivity index is 1.98. The summed E-state index contributed by atoms with van der Waals surface area (Å²) in [5.41, 5.74) is 0.408. The van der Waals surface area contributed by atoms with Gasteiger partial charge in [-0.25, -0.2) is 4.39 Å². The van der Waals surface area contributed by atoms with Crippen molar-refractivity contribution < 1.29 is 18.7 Å². The van der Waals surface area contributed by atoms with Gasteiger partial charge in [0.1, 0.15) is 5.82 Å². The summed E-state index contributed by atoms with van der Waals surface area (Å²) in [6.07, 6.45) is 1.67. The van der Waals surface area contributed by atoms with Crippen LogP contribution in [-0.2, 0) is 9.53 Å². The molecule has 0 saturated carbocycles. The van der Waals surface area contributed by atoms with Crippen LogP contribution in [0.4, 0.5) is 10.1 Å². The van der Waals surface area contributed by atoms with Gasteiger partial charge in [-0.15, -0.1) is 0 Å². The van der Waals surface area contributed by atoms with Crippen molar-refractivity contribution in [3.8, 4) is 0 Å². The van der Waals surface area contributed by atoms with Gasteiger partial charge in [0.2, 0.25) is 5.91 Å². The van der Waals surface area contributed by atoms with Crippen molar-refractivity contribution >= 4 is 17.5 Å². The second-order valence-corrected chi connectivity index (χ2v) is 6.59. The largest absolute Gasteiger partial charge is 0.378 e. The molecule has 0 radical (unpaired) electrons. The fraction of sp³-hybridized carbons (Fsp3) is 0.556. The number of ether oxygens (including phenoxy) is 1. The highest BCUT2D eigenvalue weighted by atomic mass is 19.1. The highest BCUT2D eigenvalue weighted by Gasteiger charge is 2.26. The standard InChI is InChI=1S/C18H25FN2O3/c1-12(2)11-24-15-6-8-21(9-7-15)18(23)16-10-14(20-13(3)22)4-5-17(16)19/h4-5,10,12,15H,6-9,11H2,1-3H3,(H,20,22). The molecule has 2 rings (SSSR count). The molecule has 1 aliphatic rings. The zero-order valence-corrected chi connectivity index (χ0v) is 14.5. The molecule has 0 aromatic heterocycles. The lowest BCUT2D eigenvalue weighted by atomic mass is 10.1. The maximum atomic E-state index is 14.0. The molecule has 1 aliphatic heterocycles. The fourth-order valence-electron chi connectivity index (χ4n) is 2.69. The molecule has 1 aromatic carbocycles. The number of anilines is 1. The van der Waals surface area contributed by atoms with Crippen molar-refractivity contribution in [2.24, 2.45) is 5.92 Å². The van der Waals surface area contributed by atoms with Crippen LogP contribution in [0.1, 0.15) is 44.0 Å². The van der Waals surface area contributed by atoms with Gasteiger partial charge in [0.25, 0.3) is 5.91 Å². The normalized spacial score (nSPS) is 15.6. The van der Waals surface area contributed by atoms with Crippen LogP contribution in [0.15, 0.2) is 18.2 Å². The lowest BCUT2D eigenvalue weighted by Crippen LogP contribution is -2.41. The van der Waals surface area contributed by atoms with Crippen LogP contribution in [0.2, 0.25) is 0 Å². The Bertz CT molecular complexity index is 596. The lowest BCUT2D eigenvalue weighted by Gasteiger charge is -2.32. The summed E-state index contributed by atoms with van der Waals surface area (Å²) in [5, 5.41) is 2.57. The quantitative estimate of drug-likeness (QED) is 0.899. The van der Waals surface area contributed by atoms with E-state index in [1.807, 2.05) is 0 Å². The van der Waals surface area contributed by atoms with Crippen LogP contribution < -0.4 is 5.32 Å². The molecule has 5 nitrogen and oxygen atoms in total. The summed E-state index contributed by atoms with van der Waals surface area (Å²) in [6.45, 7) is 7.38. The van der Waals surface area contributed by atoms with Gasteiger partial charge >= 0.3 is 0 Å². The van der Waals surface area contributed by atoms with Gasteiger partial charge in [-0.3, -0.25) is 9.59 Å². The van der Waals surface area contributed by atoms with Crippen LogP contribution in [-0.4, -0.2) is 42.5 Å². The number of piperidine rings is 1. The first-order chi connectivity index (χ1) is 11.4. The maximum Gasteiger partial charge on any atom is 0.256 e. The molecule has 24 heavy (non-hydrogen) atoms. The lowest BCUT2D eigenvalue weighted by molar-refractivity contribution is -0.114. The molecule has 1 fully saturated rings. The summed E-state index contributed by atoms with van der Waals surface area (Å²) in [6, 6.07) is 4.04. The van der Waals surface area contributed by atoms with E-state index in [0.29, 0.717) is 31.3 Å². The number of likely N-dealkylation sites (tertiary alicyclic amines) is 1. The first-order valence-electron chi connectivity index (χ1n) is 8.35. The Morgan fingerprint density at radius 2 is 2.00 bits per heavy atom. The van der Waals surface area contributed by atoms with Crippen molar-refractivity contribution in [2.45, 2.75) is 39.7 Å². The minimum Gasteiger partial charge on any atom is -0.378 e. The van der Waals surface area contributed by atoms with E-state index in [2.05, 4.69) is 19.2 Å². The number of hydrogen-bond donors (Lipinski definition) is 1. The first kappa shape index (κ1) is 18.4. The molecule has 6 heteroatoms. The number of carbonyl (C=O) groups excluding carboxylic acids is 2. The van der Waals surface area contributed by atoms with E-state index in [-0.39, 0.29) is 23.5 Å². The van der Waals surface area contributed by atoms with E-state index in [9.17, 15) is 14.0 Å². The predicted octanol–water partition coefficient (Wildman–Crippen LogP) is 3.06. The molecular formula is C18H25FN2O3. The number of halogens is 1. The summed E-state index contributed by atoms with van der Waals surface area (Å²) in [4.78, 5) is 25.3. The number of nitrogens with one attached hydrogen (secondary N) is 1. The summed E-state index contributed by atoms with van der Waals surface area (Å²) < 4.78 is 19.8. The molecule has 1 aromatic rings. The average Bonchev–Trinajstić information content (AvgIpc) is 2.54. The molecule has 0 unspecified atom stereocenters. The van der Waals surface area contributed by atoms with Gasteiger partial charge in [-0.2, -0.15) is 0 Å². The smallest absolute Gasteiger partial charge is 0.256 e. The molecule has 0 bridgehead atoms. The van der Waals surface area contributed by atoms with E-state index in [0.717, 1.165) is 12.8 Å². The van der Waals surface area contributed by atoms with Crippen molar-refractivity contribution in [2.75, 3.05) is 25.0 Å². The summed E-state index contributed by atoms with van der Waals surface area (Å²) >= 11 is 0. The van der Waals surface area contributed by atoms with Gasteiger partial charge in [-0.1, -0.05) is 13.8 Å². The van der Waals surface area contributed by atoms with Crippen LogP contribution in [0.3, 0.4) is 0 Å². The highest BCUT2D eigenvalue weighted by Crippen LogP contribution is 2.21. The SMILES string of the molecule is CC(=O)Nc1ccc(F)c(C(=O)N2CCC(OCC(C)C)CC2)c1. The van der Waals surface area contributed by atoms with Crippen molar-refractivity contribution in [1.29, 1.82) is 0 Å². The molecular weight excluding hydrogens is 311 g/mol. The number of amides is 2. The Labute approximate surface area is 142 Å². The van der Waals surface area contributed by atoms with Gasteiger partial charge in [-0.05, 0) is 37.0 Å². The Morgan fingerprint density at radius 1 is 1.33 bits per heavy atom. The minimum absolute atomic E-state index is 0.0113. The molecule has 0 atom stereocenters. The maximum absolute atomic E-state index is 14.0. The number of carbonyl (C=O) groups is 2. The molecule has 2 amide bonds. The van der Waals surface area contributed by atoms with Crippen molar-refractivity contribution in [3.63, 3.8) is 0 Å². The molecule has 132 valence electrons. The average molecular weight is 336 g/mol. The molecule has 0 spiro atoms. The van der Waals surface area contributed by atoms with E-state index in [1.165, 1.54) is 25.1 Å². The zero-order valence-electron chi connectivity index (χ0n) is 14.5. The van der Waals surface area contributed by atoms with E-state index < -0.39 is 5.82 Å². The molecule has 1 N–H and O–H groups in total. The predicted molar refractivity (Wildman–Crippen MR) is 90.4 cm³/mol. The molecule has 1 heterocycles. The van der Waals surface area contributed by atoms with Crippen molar-refractivity contribution in [1.82, 2.24) is 4.90 Å². The number of nitrogens with zero attached hydrogens (tertiary/aromatic N) is 1. The third kappa shape index (κ3) is 5.03. The summed E-state index contributed by atoms with van der Waals surface area (Å²) in [7, 11) is 0. The highest BCUT2D eigenvalue weighted by molar-refractivity contribution is 5.97. The van der Waals surface area contributed by atoms with E-state index >= 15 is 0 Å². The number of benzene rings is 1. The van der Waals surface area contributed by atoms with Gasteiger partial charge in [0, 0.05) is 32.3 Å². The topological polar surface area (TPSA) is 58.6 Å². The second-order valence-electron chi connectivity index (χ2n) is 6.59. The van der Waals surface area contributed by atoms with Crippen LogP contribution in [0.5, 0.6) is 0 Å². The first-order valence-corrected chi connectivity index (χ1v) is 8.35. The Morgan fingerprint density at radius 3 is 2.58 bits per heavy atom. The monoisotopic (exact) mass is 336 g/mol. The third-order valence-electron chi connectivity index (χ3n) is 3.91. The van der Waals surface area contributed by atoms with E-state index in [1.54, 1.807) is 4.90 Å². The van der Waals surface area contributed by atoms with E-state index in [4.69, 9.17) is 4.74 Å². The zero-order chi connectivity index (χ0) is 17.7. The van der Waals surface area contributed by atoms with Crippen LogP contribution in [0, 0.1) is 11.7 Å². The Hall–Kier alpha value is -1.95. The van der Waals surface area contributed by atoms with Crippen LogP contribution in [0.25, 0.3) is 0 Å². The Kier molecular flexibility index (Phi) is 6.31. The second kappa shape index (κ2) is 8.24. The minimum atomic E-state index is -0.577.